The molecule has 0 aliphatic carbocycles. The lowest BCUT2D eigenvalue weighted by atomic mass is 10.1. The summed E-state index contributed by atoms with van der Waals surface area (Å²) in [5, 5.41) is 5.56. The second-order valence-corrected chi connectivity index (χ2v) is 6.89. The monoisotopic (exact) mass is 293 g/mol. The number of furan rings is 1. The van der Waals surface area contributed by atoms with Crippen molar-refractivity contribution in [2.45, 2.75) is 45.9 Å². The lowest BCUT2D eigenvalue weighted by molar-refractivity contribution is 0.108. The summed E-state index contributed by atoms with van der Waals surface area (Å²) < 4.78 is 11.2. The van der Waals surface area contributed by atoms with E-state index in [4.69, 9.17) is 9.15 Å². The Morgan fingerprint density at radius 1 is 1.30 bits per heavy atom. The molecule has 0 aliphatic heterocycles. The molecule has 2 aromatic heterocycles. The maximum Gasteiger partial charge on any atom is 0.133 e. The highest BCUT2D eigenvalue weighted by atomic mass is 32.1. The molecule has 2 aromatic rings. The van der Waals surface area contributed by atoms with Gasteiger partial charge < -0.3 is 14.5 Å². The van der Waals surface area contributed by atoms with Crippen LogP contribution in [0, 0.1) is 0 Å². The first kappa shape index (κ1) is 15.3. The minimum atomic E-state index is 0.106. The zero-order chi connectivity index (χ0) is 14.4. The lowest BCUT2D eigenvalue weighted by Gasteiger charge is -2.20. The van der Waals surface area contributed by atoms with Crippen LogP contribution in [0.15, 0.2) is 34.3 Å². The van der Waals surface area contributed by atoms with E-state index >= 15 is 0 Å². The van der Waals surface area contributed by atoms with Gasteiger partial charge in [-0.05, 0) is 38.3 Å². The van der Waals surface area contributed by atoms with Gasteiger partial charge in [-0.3, -0.25) is 0 Å². The van der Waals surface area contributed by atoms with Gasteiger partial charge in [-0.25, -0.2) is 0 Å². The Kier molecular flexibility index (Phi) is 5.40. The van der Waals surface area contributed by atoms with E-state index in [1.165, 1.54) is 10.4 Å². The normalized spacial score (nSPS) is 11.9. The molecular formula is C16H23NO2S. The first-order valence-corrected chi connectivity index (χ1v) is 7.83. The first-order chi connectivity index (χ1) is 9.54. The topological polar surface area (TPSA) is 34.4 Å². The number of ether oxygens (including phenoxy) is 1. The number of rotatable bonds is 7. The van der Waals surface area contributed by atoms with E-state index in [1.54, 1.807) is 17.6 Å². The van der Waals surface area contributed by atoms with E-state index in [0.717, 1.165) is 25.3 Å². The van der Waals surface area contributed by atoms with Crippen LogP contribution >= 0.6 is 11.3 Å². The summed E-state index contributed by atoms with van der Waals surface area (Å²) in [7, 11) is 0. The van der Waals surface area contributed by atoms with E-state index in [-0.39, 0.29) is 5.54 Å². The first-order valence-electron chi connectivity index (χ1n) is 6.95. The Bertz CT molecular complexity index is 497. The van der Waals surface area contributed by atoms with Crippen molar-refractivity contribution in [1.82, 2.24) is 5.32 Å². The summed E-state index contributed by atoms with van der Waals surface area (Å²) in [4.78, 5) is 1.36. The third-order valence-electron chi connectivity index (χ3n) is 2.95. The number of thiophene rings is 1. The molecule has 3 nitrogen and oxygen atoms in total. The summed E-state index contributed by atoms with van der Waals surface area (Å²) in [6, 6.07) is 6.22. The standard InChI is InChI=1S/C16H23NO2S/c1-16(2,3)17-11-13-6-9-19-15(13)12-18-8-7-14-5-4-10-20-14/h4-6,9-10,17H,7-8,11-12H2,1-3H3. The molecule has 0 aliphatic rings. The van der Waals surface area contributed by atoms with Gasteiger partial charge >= 0.3 is 0 Å². The van der Waals surface area contributed by atoms with Crippen LogP contribution in [0.5, 0.6) is 0 Å². The van der Waals surface area contributed by atoms with Gasteiger partial charge in [-0.15, -0.1) is 11.3 Å². The minimum Gasteiger partial charge on any atom is -0.467 e. The Morgan fingerprint density at radius 3 is 2.85 bits per heavy atom. The van der Waals surface area contributed by atoms with Gasteiger partial charge in [0.1, 0.15) is 12.4 Å². The summed E-state index contributed by atoms with van der Waals surface area (Å²) in [5.41, 5.74) is 1.28. The third-order valence-corrected chi connectivity index (χ3v) is 3.89. The minimum absolute atomic E-state index is 0.106. The summed E-state index contributed by atoms with van der Waals surface area (Å²) >= 11 is 1.77. The van der Waals surface area contributed by atoms with Crippen LogP contribution in [0.1, 0.15) is 37.0 Å². The van der Waals surface area contributed by atoms with Crippen molar-refractivity contribution in [2.75, 3.05) is 6.61 Å². The van der Waals surface area contributed by atoms with Gasteiger partial charge in [0, 0.05) is 28.9 Å². The summed E-state index contributed by atoms with van der Waals surface area (Å²) in [5.74, 6) is 0.924. The maximum absolute atomic E-state index is 5.71. The molecule has 0 spiro atoms. The van der Waals surface area contributed by atoms with Crippen molar-refractivity contribution in [3.8, 4) is 0 Å². The molecule has 2 rings (SSSR count). The van der Waals surface area contributed by atoms with Crippen LogP contribution in [0.25, 0.3) is 0 Å². The Balaban J connectivity index is 1.74. The average molecular weight is 293 g/mol. The molecule has 0 saturated carbocycles. The third kappa shape index (κ3) is 5.12. The molecule has 110 valence electrons. The largest absolute Gasteiger partial charge is 0.467 e. The molecule has 0 atom stereocenters. The summed E-state index contributed by atoms with van der Waals surface area (Å²) in [6.45, 7) is 8.55. The second-order valence-electron chi connectivity index (χ2n) is 5.85. The van der Waals surface area contributed by atoms with Gasteiger partial charge in [0.05, 0.1) is 12.9 Å². The average Bonchev–Trinajstić information content (AvgIpc) is 3.03. The highest BCUT2D eigenvalue weighted by molar-refractivity contribution is 7.09. The Labute approximate surface area is 125 Å². The Morgan fingerprint density at radius 2 is 2.15 bits per heavy atom. The molecule has 0 aromatic carbocycles. The predicted octanol–water partition coefficient (Wildman–Crippen LogP) is 3.99. The van der Waals surface area contributed by atoms with E-state index in [0.29, 0.717) is 6.61 Å². The number of nitrogens with one attached hydrogen (secondary N) is 1. The molecule has 0 amide bonds. The van der Waals surface area contributed by atoms with Crippen LogP contribution in [0.4, 0.5) is 0 Å². The maximum atomic E-state index is 5.71. The van der Waals surface area contributed by atoms with Crippen LogP contribution < -0.4 is 5.32 Å². The lowest BCUT2D eigenvalue weighted by Crippen LogP contribution is -2.35. The molecule has 0 bridgehead atoms. The van der Waals surface area contributed by atoms with Crippen molar-refractivity contribution in [1.29, 1.82) is 0 Å². The molecule has 0 fully saturated rings. The van der Waals surface area contributed by atoms with Crippen molar-refractivity contribution in [3.63, 3.8) is 0 Å². The van der Waals surface area contributed by atoms with Gasteiger partial charge in [-0.1, -0.05) is 6.07 Å². The molecule has 20 heavy (non-hydrogen) atoms. The zero-order valence-corrected chi connectivity index (χ0v) is 13.3. The van der Waals surface area contributed by atoms with Gasteiger partial charge in [0.15, 0.2) is 0 Å². The quantitative estimate of drug-likeness (QED) is 0.784. The Hall–Kier alpha value is -1.10. The van der Waals surface area contributed by atoms with Crippen molar-refractivity contribution >= 4 is 11.3 Å². The molecule has 2 heterocycles. The fourth-order valence-electron chi connectivity index (χ4n) is 1.80. The smallest absolute Gasteiger partial charge is 0.133 e. The SMILES string of the molecule is CC(C)(C)NCc1ccoc1COCCc1cccs1. The highest BCUT2D eigenvalue weighted by Gasteiger charge is 2.12. The molecule has 0 saturated heterocycles. The fraction of sp³-hybridized carbons (Fsp3) is 0.500. The molecule has 4 heteroatoms. The van der Waals surface area contributed by atoms with Crippen molar-refractivity contribution in [2.24, 2.45) is 0 Å². The van der Waals surface area contributed by atoms with E-state index in [1.807, 2.05) is 6.07 Å². The second kappa shape index (κ2) is 7.07. The van der Waals surface area contributed by atoms with Gasteiger partial charge in [0.25, 0.3) is 0 Å². The van der Waals surface area contributed by atoms with Crippen LogP contribution in [0.3, 0.4) is 0 Å². The van der Waals surface area contributed by atoms with Crippen molar-refractivity contribution in [3.05, 3.63) is 46.0 Å². The van der Waals surface area contributed by atoms with Crippen LogP contribution in [-0.4, -0.2) is 12.1 Å². The summed E-state index contributed by atoms with van der Waals surface area (Å²) in [6.07, 6.45) is 2.70. The van der Waals surface area contributed by atoms with Crippen LogP contribution in [-0.2, 0) is 24.3 Å². The molecule has 0 unspecified atom stereocenters. The number of hydrogen-bond donors (Lipinski definition) is 1. The van der Waals surface area contributed by atoms with E-state index in [9.17, 15) is 0 Å². The van der Waals surface area contributed by atoms with E-state index < -0.39 is 0 Å². The fourth-order valence-corrected chi connectivity index (χ4v) is 2.49. The molecule has 0 radical (unpaired) electrons. The molecule has 1 N–H and O–H groups in total. The molecular weight excluding hydrogens is 270 g/mol. The van der Waals surface area contributed by atoms with E-state index in [2.05, 4.69) is 43.6 Å². The van der Waals surface area contributed by atoms with Crippen molar-refractivity contribution < 1.29 is 9.15 Å². The van der Waals surface area contributed by atoms with Gasteiger partial charge in [0.2, 0.25) is 0 Å². The number of hydrogen-bond acceptors (Lipinski definition) is 4. The van der Waals surface area contributed by atoms with Crippen LogP contribution in [0.2, 0.25) is 0 Å². The predicted molar refractivity (Wildman–Crippen MR) is 83.0 cm³/mol. The zero-order valence-electron chi connectivity index (χ0n) is 12.4. The highest BCUT2D eigenvalue weighted by Crippen LogP contribution is 2.14. The van der Waals surface area contributed by atoms with Gasteiger partial charge in [-0.2, -0.15) is 0 Å².